The van der Waals surface area contributed by atoms with Crippen molar-refractivity contribution in [1.29, 1.82) is 0 Å². The van der Waals surface area contributed by atoms with E-state index in [0.29, 0.717) is 0 Å². The summed E-state index contributed by atoms with van der Waals surface area (Å²) < 4.78 is 14.8. The summed E-state index contributed by atoms with van der Waals surface area (Å²) >= 11 is 3.62. The van der Waals surface area contributed by atoms with Gasteiger partial charge in [0.15, 0.2) is 0 Å². The lowest BCUT2D eigenvalue weighted by Gasteiger charge is -2.02. The highest BCUT2D eigenvalue weighted by atomic mass is 32.1. The predicted molar refractivity (Wildman–Crippen MR) is 95.7 cm³/mol. The van der Waals surface area contributed by atoms with Gasteiger partial charge in [0.25, 0.3) is 0 Å². The molecule has 0 saturated heterocycles. The summed E-state index contributed by atoms with van der Waals surface area (Å²) in [6, 6.07) is 4.26. The van der Waals surface area contributed by atoms with Crippen LogP contribution in [0.25, 0.3) is 42.5 Å². The van der Waals surface area contributed by atoms with Crippen LogP contribution >= 0.6 is 22.7 Å². The molecule has 0 fully saturated rings. The first-order valence-electron chi connectivity index (χ1n) is 7.29. The van der Waals surface area contributed by atoms with Gasteiger partial charge in [-0.3, -0.25) is 0 Å². The third-order valence-electron chi connectivity index (χ3n) is 4.41. The molecule has 2 nitrogen and oxygen atoms in total. The number of hydrogen-bond donors (Lipinski definition) is 0. The minimum absolute atomic E-state index is 0.976. The number of thiophene rings is 2. The Bertz CT molecular complexity index is 1120. The van der Waals surface area contributed by atoms with E-state index in [1.54, 1.807) is 0 Å². The van der Waals surface area contributed by atoms with Gasteiger partial charge in [-0.1, -0.05) is 0 Å². The highest BCUT2D eigenvalue weighted by Gasteiger charge is 2.22. The van der Waals surface area contributed by atoms with Crippen molar-refractivity contribution < 1.29 is 8.83 Å². The molecule has 4 aromatic heterocycles. The van der Waals surface area contributed by atoms with E-state index in [9.17, 15) is 0 Å². The summed E-state index contributed by atoms with van der Waals surface area (Å²) in [7, 11) is 0. The number of hydrogen-bond acceptors (Lipinski definition) is 4. The number of fused-ring (bicyclic) bond motifs is 6. The monoisotopic (exact) mass is 326 g/mol. The molecule has 5 rings (SSSR count). The molecule has 0 radical (unpaired) electrons. The van der Waals surface area contributed by atoms with Gasteiger partial charge in [0.05, 0.1) is 9.40 Å². The van der Waals surface area contributed by atoms with Crippen molar-refractivity contribution in [3.63, 3.8) is 0 Å². The topological polar surface area (TPSA) is 26.3 Å². The molecule has 0 saturated carbocycles. The highest BCUT2D eigenvalue weighted by molar-refractivity contribution is 7.20. The third-order valence-corrected chi connectivity index (χ3v) is 6.50. The van der Waals surface area contributed by atoms with E-state index in [-0.39, 0.29) is 0 Å². The molecule has 4 heteroatoms. The molecule has 0 atom stereocenters. The summed E-state index contributed by atoms with van der Waals surface area (Å²) in [5, 5.41) is 2.51. The van der Waals surface area contributed by atoms with Gasteiger partial charge in [-0.2, -0.15) is 0 Å². The zero-order valence-electron chi connectivity index (χ0n) is 12.8. The minimum atomic E-state index is 0.976. The van der Waals surface area contributed by atoms with Crippen LogP contribution in [0.15, 0.2) is 21.0 Å². The Morgan fingerprint density at radius 2 is 1.14 bits per heavy atom. The van der Waals surface area contributed by atoms with Crippen LogP contribution in [0.5, 0.6) is 0 Å². The van der Waals surface area contributed by atoms with Gasteiger partial charge in [-0.15, -0.1) is 22.7 Å². The lowest BCUT2D eigenvalue weighted by molar-refractivity contribution is 0.651. The zero-order valence-corrected chi connectivity index (χ0v) is 14.4. The zero-order chi connectivity index (χ0) is 15.2. The molecule has 1 aromatic carbocycles. The Morgan fingerprint density at radius 3 is 1.59 bits per heavy atom. The van der Waals surface area contributed by atoms with E-state index < -0.39 is 0 Å². The van der Waals surface area contributed by atoms with E-state index in [0.717, 1.165) is 27.9 Å². The molecule has 0 aliphatic heterocycles. The standard InChI is InChI=1S/C18H14O2S2/c1-7-5-11-17(21-7)13-9(3)14-16(10(4)15(13)19-11)20-12-6-8(2)22-18(12)14/h5-6H,1-4H3. The molecular formula is C18H14O2S2. The Labute approximate surface area is 134 Å². The maximum absolute atomic E-state index is 6.14. The Balaban J connectivity index is 2.12. The van der Waals surface area contributed by atoms with Crippen molar-refractivity contribution in [2.45, 2.75) is 27.7 Å². The van der Waals surface area contributed by atoms with Crippen molar-refractivity contribution in [2.75, 3.05) is 0 Å². The fourth-order valence-corrected chi connectivity index (χ4v) is 5.52. The second-order valence-electron chi connectivity index (χ2n) is 5.96. The quantitative estimate of drug-likeness (QED) is 0.311. The van der Waals surface area contributed by atoms with Crippen molar-refractivity contribution in [1.82, 2.24) is 0 Å². The lowest BCUT2D eigenvalue weighted by atomic mass is 10.0. The molecule has 0 bridgehead atoms. The molecule has 0 amide bonds. The van der Waals surface area contributed by atoms with Crippen molar-refractivity contribution in [3.05, 3.63) is 33.0 Å². The first-order valence-corrected chi connectivity index (χ1v) is 8.92. The molecule has 0 spiro atoms. The molecule has 110 valence electrons. The van der Waals surface area contributed by atoms with Crippen LogP contribution < -0.4 is 0 Å². The van der Waals surface area contributed by atoms with Crippen LogP contribution in [-0.2, 0) is 0 Å². The Hall–Kier alpha value is -1.78. The summed E-state index contributed by atoms with van der Waals surface area (Å²) in [5.41, 5.74) is 6.33. The van der Waals surface area contributed by atoms with E-state index in [2.05, 4.69) is 39.8 Å². The molecule has 0 aliphatic rings. The maximum Gasteiger partial charge on any atom is 0.146 e. The van der Waals surface area contributed by atoms with Crippen LogP contribution in [0.3, 0.4) is 0 Å². The SMILES string of the molecule is Cc1cc2oc3c(C)c4oc5cc(C)sc5c4c(C)c3c2s1. The highest BCUT2D eigenvalue weighted by Crippen LogP contribution is 2.46. The summed E-state index contributed by atoms with van der Waals surface area (Å²) in [6.07, 6.45) is 0. The number of rotatable bonds is 0. The van der Waals surface area contributed by atoms with E-state index in [4.69, 9.17) is 8.83 Å². The summed E-state index contributed by atoms with van der Waals surface area (Å²) in [4.78, 5) is 2.58. The fourth-order valence-electron chi connectivity index (χ4n) is 3.45. The molecule has 0 unspecified atom stereocenters. The second-order valence-corrected chi connectivity index (χ2v) is 8.48. The van der Waals surface area contributed by atoms with Crippen molar-refractivity contribution in [3.8, 4) is 0 Å². The molecule has 22 heavy (non-hydrogen) atoms. The number of aryl methyl sites for hydroxylation is 4. The average molecular weight is 326 g/mol. The largest absolute Gasteiger partial charge is 0.455 e. The van der Waals surface area contributed by atoms with E-state index >= 15 is 0 Å². The van der Waals surface area contributed by atoms with E-state index in [1.807, 2.05) is 22.7 Å². The Kier molecular flexibility index (Phi) is 2.28. The van der Waals surface area contributed by atoms with Gasteiger partial charge in [-0.25, -0.2) is 0 Å². The average Bonchev–Trinajstić information content (AvgIpc) is 3.13. The van der Waals surface area contributed by atoms with Crippen molar-refractivity contribution in [2.24, 2.45) is 0 Å². The molecule has 0 aliphatic carbocycles. The van der Waals surface area contributed by atoms with E-state index in [1.165, 1.54) is 35.5 Å². The number of furan rings is 2. The first kappa shape index (κ1) is 12.7. The van der Waals surface area contributed by atoms with Gasteiger partial charge in [0.1, 0.15) is 22.3 Å². The van der Waals surface area contributed by atoms with Gasteiger partial charge in [-0.05, 0) is 45.4 Å². The molecule has 4 heterocycles. The van der Waals surface area contributed by atoms with Gasteiger partial charge in [0, 0.05) is 26.1 Å². The third kappa shape index (κ3) is 1.40. The predicted octanol–water partition coefficient (Wildman–Crippen LogP) is 6.84. The van der Waals surface area contributed by atoms with Gasteiger partial charge >= 0.3 is 0 Å². The lowest BCUT2D eigenvalue weighted by Crippen LogP contribution is -1.81. The van der Waals surface area contributed by atoms with Crippen molar-refractivity contribution >= 4 is 65.2 Å². The maximum atomic E-state index is 6.14. The molecule has 5 aromatic rings. The normalized spacial score (nSPS) is 12.5. The van der Waals surface area contributed by atoms with Crippen LogP contribution in [0, 0.1) is 27.7 Å². The van der Waals surface area contributed by atoms with Gasteiger partial charge in [0.2, 0.25) is 0 Å². The summed E-state index contributed by atoms with van der Waals surface area (Å²) in [5.74, 6) is 0. The molecule has 0 N–H and O–H groups in total. The minimum Gasteiger partial charge on any atom is -0.455 e. The van der Waals surface area contributed by atoms with Crippen LogP contribution in [-0.4, -0.2) is 0 Å². The molecular weight excluding hydrogens is 312 g/mol. The Morgan fingerprint density at radius 1 is 0.682 bits per heavy atom. The van der Waals surface area contributed by atoms with Crippen LogP contribution in [0.1, 0.15) is 20.9 Å². The van der Waals surface area contributed by atoms with Crippen LogP contribution in [0.2, 0.25) is 0 Å². The van der Waals surface area contributed by atoms with Gasteiger partial charge < -0.3 is 8.83 Å². The second kappa shape index (κ2) is 3.94. The first-order chi connectivity index (χ1) is 10.5. The smallest absolute Gasteiger partial charge is 0.146 e. The fraction of sp³-hybridized carbons (Fsp3) is 0.222. The summed E-state index contributed by atoms with van der Waals surface area (Å²) in [6.45, 7) is 8.55. The number of benzene rings is 1. The van der Waals surface area contributed by atoms with Crippen LogP contribution in [0.4, 0.5) is 0 Å².